The van der Waals surface area contributed by atoms with Gasteiger partial charge in [-0.25, -0.2) is 14.7 Å². The maximum absolute atomic E-state index is 4.72. The number of aryl methyl sites for hydroxylation is 1. The van der Waals surface area contributed by atoms with Gasteiger partial charge >= 0.3 is 0 Å². The van der Waals surface area contributed by atoms with Gasteiger partial charge in [-0.1, -0.05) is 27.7 Å². The van der Waals surface area contributed by atoms with Crippen LogP contribution in [0.25, 0.3) is 5.95 Å². The van der Waals surface area contributed by atoms with Crippen LogP contribution in [0.15, 0.2) is 18.5 Å². The molecule has 6 heteroatoms. The van der Waals surface area contributed by atoms with Gasteiger partial charge in [0.15, 0.2) is 0 Å². The average Bonchev–Trinajstić information content (AvgIpc) is 3.05. The Morgan fingerprint density at radius 1 is 1.23 bits per heavy atom. The van der Waals surface area contributed by atoms with Crippen LogP contribution in [0.5, 0.6) is 0 Å². The predicted molar refractivity (Wildman–Crippen MR) is 89.1 cm³/mol. The lowest BCUT2D eigenvalue weighted by molar-refractivity contribution is 0.364. The molecule has 120 valence electrons. The lowest BCUT2D eigenvalue weighted by Gasteiger charge is -2.24. The molecule has 0 saturated carbocycles. The molecule has 22 heavy (non-hydrogen) atoms. The summed E-state index contributed by atoms with van der Waals surface area (Å²) in [5.74, 6) is 1.89. The van der Waals surface area contributed by atoms with Crippen LogP contribution in [0.4, 0.5) is 5.82 Å². The Hall–Kier alpha value is -1.95. The second-order valence-electron chi connectivity index (χ2n) is 5.42. The summed E-state index contributed by atoms with van der Waals surface area (Å²) in [6.07, 6.45) is 4.65. The summed E-state index contributed by atoms with van der Waals surface area (Å²) in [5.41, 5.74) is 5.64. The molecule has 0 radical (unpaired) electrons. The molecule has 1 atom stereocenters. The minimum absolute atomic E-state index is 0.407. The Labute approximate surface area is 132 Å². The van der Waals surface area contributed by atoms with Crippen molar-refractivity contribution >= 4 is 5.82 Å². The summed E-state index contributed by atoms with van der Waals surface area (Å²) in [6, 6.07) is 1.87. The molecular weight excluding hydrogens is 276 g/mol. The van der Waals surface area contributed by atoms with E-state index in [1.165, 1.54) is 5.56 Å². The molecule has 1 N–H and O–H groups in total. The summed E-state index contributed by atoms with van der Waals surface area (Å²) in [6.45, 7) is 12.5. The fourth-order valence-corrected chi connectivity index (χ4v) is 2.47. The van der Waals surface area contributed by atoms with E-state index >= 15 is 0 Å². The first-order valence-electron chi connectivity index (χ1n) is 8.00. The van der Waals surface area contributed by atoms with E-state index in [1.807, 2.05) is 19.2 Å². The number of rotatable bonds is 7. The first kappa shape index (κ1) is 16.4. The molecule has 0 fully saturated rings. The Kier molecular flexibility index (Phi) is 5.49. The highest BCUT2D eigenvalue weighted by atomic mass is 15.5. The van der Waals surface area contributed by atoms with E-state index in [-0.39, 0.29) is 0 Å². The topological polar surface area (TPSA) is 58.9 Å². The molecule has 2 rings (SSSR count). The van der Waals surface area contributed by atoms with Crippen LogP contribution in [0, 0.1) is 6.92 Å². The molecule has 6 nitrogen and oxygen atoms in total. The monoisotopic (exact) mass is 302 g/mol. The van der Waals surface area contributed by atoms with Crippen LogP contribution < -0.4 is 5.43 Å². The van der Waals surface area contributed by atoms with Crippen LogP contribution in [0.1, 0.15) is 51.3 Å². The molecule has 0 amide bonds. The summed E-state index contributed by atoms with van der Waals surface area (Å²) in [4.78, 5) is 9.35. The molecule has 2 heterocycles. The molecule has 0 bridgehead atoms. The van der Waals surface area contributed by atoms with Gasteiger partial charge in [-0.15, -0.1) is 0 Å². The number of nitrogens with zero attached hydrogens (tertiary/aromatic N) is 5. The van der Waals surface area contributed by atoms with Crippen molar-refractivity contribution in [1.82, 2.24) is 24.8 Å². The Balaban J connectivity index is 2.49. The fourth-order valence-electron chi connectivity index (χ4n) is 2.47. The Morgan fingerprint density at radius 2 is 1.95 bits per heavy atom. The van der Waals surface area contributed by atoms with E-state index in [0.717, 1.165) is 31.0 Å². The van der Waals surface area contributed by atoms with Crippen molar-refractivity contribution in [3.05, 3.63) is 29.7 Å². The minimum Gasteiger partial charge on any atom is -0.303 e. The van der Waals surface area contributed by atoms with Crippen LogP contribution >= 0.6 is 0 Å². The van der Waals surface area contributed by atoms with Crippen molar-refractivity contribution in [2.75, 3.05) is 18.5 Å². The first-order chi connectivity index (χ1) is 10.6. The number of anilines is 1. The van der Waals surface area contributed by atoms with Crippen molar-refractivity contribution in [3.63, 3.8) is 0 Å². The van der Waals surface area contributed by atoms with Gasteiger partial charge in [0, 0.05) is 36.7 Å². The van der Waals surface area contributed by atoms with Gasteiger partial charge in [-0.2, -0.15) is 10.1 Å². The zero-order valence-corrected chi connectivity index (χ0v) is 14.2. The molecular formula is C16H26N6. The quantitative estimate of drug-likeness (QED) is 0.796. The van der Waals surface area contributed by atoms with Crippen molar-refractivity contribution in [3.8, 4) is 5.95 Å². The van der Waals surface area contributed by atoms with Gasteiger partial charge in [-0.3, -0.25) is 0 Å². The molecule has 0 aliphatic heterocycles. The molecule has 0 aromatic carbocycles. The SMILES string of the molecule is CCC(C)c1c(C)nc(-n2cccn2)nc1NN(CC)CC. The van der Waals surface area contributed by atoms with Crippen molar-refractivity contribution in [1.29, 1.82) is 0 Å². The molecule has 0 spiro atoms. The normalized spacial score (nSPS) is 12.6. The minimum atomic E-state index is 0.407. The average molecular weight is 302 g/mol. The number of hydrogen-bond acceptors (Lipinski definition) is 5. The van der Waals surface area contributed by atoms with Crippen LogP contribution in [0.3, 0.4) is 0 Å². The maximum atomic E-state index is 4.72. The van der Waals surface area contributed by atoms with Gasteiger partial charge in [-0.05, 0) is 25.3 Å². The van der Waals surface area contributed by atoms with E-state index in [9.17, 15) is 0 Å². The second kappa shape index (κ2) is 7.35. The maximum Gasteiger partial charge on any atom is 0.252 e. The molecule has 0 aliphatic carbocycles. The van der Waals surface area contributed by atoms with Crippen molar-refractivity contribution in [2.24, 2.45) is 0 Å². The highest BCUT2D eigenvalue weighted by molar-refractivity contribution is 5.49. The number of hydrazine groups is 1. The van der Waals surface area contributed by atoms with Crippen LogP contribution in [0.2, 0.25) is 0 Å². The van der Waals surface area contributed by atoms with Crippen LogP contribution in [-0.2, 0) is 0 Å². The highest BCUT2D eigenvalue weighted by Crippen LogP contribution is 2.28. The van der Waals surface area contributed by atoms with E-state index in [2.05, 4.69) is 48.2 Å². The zero-order chi connectivity index (χ0) is 16.1. The van der Waals surface area contributed by atoms with Crippen molar-refractivity contribution < 1.29 is 0 Å². The molecule has 2 aromatic heterocycles. The standard InChI is InChI=1S/C16H26N6/c1-6-12(4)14-13(5)18-16(22-11-9-10-17-22)19-15(14)20-21(7-2)8-3/h9-12H,6-8H2,1-5H3,(H,18,19,20). The van der Waals surface area contributed by atoms with Gasteiger partial charge in [0.05, 0.1) is 0 Å². The van der Waals surface area contributed by atoms with E-state index in [4.69, 9.17) is 4.98 Å². The van der Waals surface area contributed by atoms with Gasteiger partial charge < -0.3 is 5.43 Å². The lowest BCUT2D eigenvalue weighted by atomic mass is 9.98. The third kappa shape index (κ3) is 3.44. The summed E-state index contributed by atoms with van der Waals surface area (Å²) < 4.78 is 1.70. The van der Waals surface area contributed by atoms with Crippen LogP contribution in [-0.4, -0.2) is 37.8 Å². The van der Waals surface area contributed by atoms with E-state index in [1.54, 1.807) is 10.9 Å². The number of hydrogen-bond donors (Lipinski definition) is 1. The van der Waals surface area contributed by atoms with E-state index in [0.29, 0.717) is 11.9 Å². The Bertz CT molecular complexity index is 589. The van der Waals surface area contributed by atoms with Gasteiger partial charge in [0.25, 0.3) is 5.95 Å². The number of aromatic nitrogens is 4. The van der Waals surface area contributed by atoms with Gasteiger partial charge in [0.1, 0.15) is 5.82 Å². The largest absolute Gasteiger partial charge is 0.303 e. The molecule has 1 unspecified atom stereocenters. The summed E-state index contributed by atoms with van der Waals surface area (Å²) in [5, 5.41) is 6.37. The third-order valence-electron chi connectivity index (χ3n) is 3.97. The fraction of sp³-hybridized carbons (Fsp3) is 0.562. The third-order valence-corrected chi connectivity index (χ3v) is 3.97. The second-order valence-corrected chi connectivity index (χ2v) is 5.42. The molecule has 0 aliphatic rings. The summed E-state index contributed by atoms with van der Waals surface area (Å²) in [7, 11) is 0. The zero-order valence-electron chi connectivity index (χ0n) is 14.2. The van der Waals surface area contributed by atoms with E-state index < -0.39 is 0 Å². The predicted octanol–water partition coefficient (Wildman–Crippen LogP) is 3.15. The summed E-state index contributed by atoms with van der Waals surface area (Å²) >= 11 is 0. The lowest BCUT2D eigenvalue weighted by Crippen LogP contribution is -2.31. The smallest absolute Gasteiger partial charge is 0.252 e. The molecule has 0 saturated heterocycles. The molecule has 2 aromatic rings. The van der Waals surface area contributed by atoms with Crippen molar-refractivity contribution in [2.45, 2.75) is 47.0 Å². The number of nitrogens with one attached hydrogen (secondary N) is 1. The van der Waals surface area contributed by atoms with Gasteiger partial charge in [0.2, 0.25) is 0 Å². The Morgan fingerprint density at radius 3 is 2.50 bits per heavy atom. The highest BCUT2D eigenvalue weighted by Gasteiger charge is 2.18. The first-order valence-corrected chi connectivity index (χ1v) is 8.00.